The van der Waals surface area contributed by atoms with Gasteiger partial charge in [-0.3, -0.25) is 4.79 Å². The van der Waals surface area contributed by atoms with Gasteiger partial charge in [0.15, 0.2) is 0 Å². The Labute approximate surface area is 133 Å². The topological polar surface area (TPSA) is 84.2 Å². The fourth-order valence-electron chi connectivity index (χ4n) is 3.16. The van der Waals surface area contributed by atoms with Gasteiger partial charge in [-0.15, -0.1) is 0 Å². The van der Waals surface area contributed by atoms with Crippen LogP contribution in [0.2, 0.25) is 0 Å². The lowest BCUT2D eigenvalue weighted by atomic mass is 9.76. The molecule has 0 aliphatic heterocycles. The van der Waals surface area contributed by atoms with Crippen LogP contribution in [0.4, 0.5) is 0 Å². The lowest BCUT2D eigenvalue weighted by molar-refractivity contribution is -0.131. The van der Waals surface area contributed by atoms with Gasteiger partial charge in [0.2, 0.25) is 6.41 Å². The summed E-state index contributed by atoms with van der Waals surface area (Å²) in [6.07, 6.45) is 6.96. The predicted molar refractivity (Wildman–Crippen MR) is 85.9 cm³/mol. The van der Waals surface area contributed by atoms with Crippen molar-refractivity contribution in [2.45, 2.75) is 31.2 Å². The molecule has 120 valence electrons. The molecule has 2 aromatic rings. The van der Waals surface area contributed by atoms with Gasteiger partial charge < -0.3 is 15.0 Å². The Morgan fingerprint density at radius 3 is 2.87 bits per heavy atom. The molecule has 1 amide bonds. The SMILES string of the molecule is Cn1c(C2(NC=O)CCC2)nc2ccc(CC=CC(=O)O)cc21. The number of hydrogen-bond donors (Lipinski definition) is 2. The van der Waals surface area contributed by atoms with Crippen molar-refractivity contribution >= 4 is 23.4 Å². The highest BCUT2D eigenvalue weighted by Crippen LogP contribution is 2.41. The molecule has 3 rings (SSSR count). The summed E-state index contributed by atoms with van der Waals surface area (Å²) in [6.45, 7) is 0. The third-order valence-electron chi connectivity index (χ3n) is 4.53. The van der Waals surface area contributed by atoms with Crippen LogP contribution in [0.15, 0.2) is 30.4 Å². The molecular weight excluding hydrogens is 294 g/mol. The second-order valence-corrected chi connectivity index (χ2v) is 5.96. The monoisotopic (exact) mass is 313 g/mol. The largest absolute Gasteiger partial charge is 0.478 e. The van der Waals surface area contributed by atoms with E-state index in [4.69, 9.17) is 10.1 Å². The van der Waals surface area contributed by atoms with Crippen LogP contribution in [-0.2, 0) is 28.6 Å². The standard InChI is InChI=1S/C17H19N3O3/c1-20-14-10-12(4-2-5-15(22)23)6-7-13(14)19-16(20)17(18-11-21)8-3-9-17/h2,5-7,10-11H,3-4,8-9H2,1H3,(H,18,21)(H,22,23). The van der Waals surface area contributed by atoms with E-state index in [1.807, 2.05) is 29.8 Å². The van der Waals surface area contributed by atoms with Crippen molar-refractivity contribution in [1.29, 1.82) is 0 Å². The summed E-state index contributed by atoms with van der Waals surface area (Å²) in [5.74, 6) is -0.0650. The van der Waals surface area contributed by atoms with Gasteiger partial charge >= 0.3 is 5.97 Å². The third-order valence-corrected chi connectivity index (χ3v) is 4.53. The first-order valence-corrected chi connectivity index (χ1v) is 7.62. The molecule has 0 spiro atoms. The fourth-order valence-corrected chi connectivity index (χ4v) is 3.16. The van der Waals surface area contributed by atoms with Crippen LogP contribution in [0.25, 0.3) is 11.0 Å². The number of amides is 1. The molecule has 6 nitrogen and oxygen atoms in total. The Morgan fingerprint density at radius 2 is 2.26 bits per heavy atom. The zero-order valence-corrected chi connectivity index (χ0v) is 13.0. The smallest absolute Gasteiger partial charge is 0.327 e. The minimum absolute atomic E-state index is 0.348. The minimum Gasteiger partial charge on any atom is -0.478 e. The molecule has 0 saturated heterocycles. The number of hydrogen-bond acceptors (Lipinski definition) is 3. The van der Waals surface area contributed by atoms with Crippen LogP contribution in [0.3, 0.4) is 0 Å². The second kappa shape index (κ2) is 5.87. The Kier molecular flexibility index (Phi) is 3.90. The van der Waals surface area contributed by atoms with Gasteiger partial charge in [-0.2, -0.15) is 0 Å². The lowest BCUT2D eigenvalue weighted by Crippen LogP contribution is -2.49. The molecule has 1 fully saturated rings. The van der Waals surface area contributed by atoms with Gasteiger partial charge in [0, 0.05) is 13.1 Å². The van der Waals surface area contributed by atoms with Crippen LogP contribution >= 0.6 is 0 Å². The quantitative estimate of drug-likeness (QED) is 0.630. The normalized spacial score (nSPS) is 16.4. The van der Waals surface area contributed by atoms with E-state index in [9.17, 15) is 9.59 Å². The first-order valence-electron chi connectivity index (χ1n) is 7.62. The first kappa shape index (κ1) is 15.3. The molecule has 1 aromatic heterocycles. The Balaban J connectivity index is 1.95. The van der Waals surface area contributed by atoms with Crippen molar-refractivity contribution < 1.29 is 14.7 Å². The van der Waals surface area contributed by atoms with Crippen molar-refractivity contribution in [2.24, 2.45) is 7.05 Å². The van der Waals surface area contributed by atoms with Gasteiger partial charge in [0.1, 0.15) is 5.82 Å². The number of rotatable bonds is 6. The van der Waals surface area contributed by atoms with Crippen LogP contribution in [-0.4, -0.2) is 27.0 Å². The second-order valence-electron chi connectivity index (χ2n) is 5.96. The molecular formula is C17H19N3O3. The molecule has 0 unspecified atom stereocenters. The maximum absolute atomic E-state index is 10.9. The van der Waals surface area contributed by atoms with Crippen molar-refractivity contribution in [2.75, 3.05) is 0 Å². The average molecular weight is 313 g/mol. The lowest BCUT2D eigenvalue weighted by Gasteiger charge is -2.40. The molecule has 0 bridgehead atoms. The highest BCUT2D eigenvalue weighted by atomic mass is 16.4. The van der Waals surface area contributed by atoms with E-state index < -0.39 is 5.97 Å². The molecule has 6 heteroatoms. The number of imidazole rings is 1. The molecule has 0 atom stereocenters. The molecule has 1 saturated carbocycles. The number of nitrogens with one attached hydrogen (secondary N) is 1. The number of carboxylic acids is 1. The van der Waals surface area contributed by atoms with Gasteiger partial charge in [0.05, 0.1) is 16.6 Å². The summed E-state index contributed by atoms with van der Waals surface area (Å²) in [7, 11) is 1.95. The summed E-state index contributed by atoms with van der Waals surface area (Å²) in [5.41, 5.74) is 2.54. The fraction of sp³-hybridized carbons (Fsp3) is 0.353. The van der Waals surface area contributed by atoms with Gasteiger partial charge in [0.25, 0.3) is 0 Å². The molecule has 23 heavy (non-hydrogen) atoms. The molecule has 1 heterocycles. The van der Waals surface area contributed by atoms with E-state index in [0.717, 1.165) is 54.2 Å². The number of benzene rings is 1. The van der Waals surface area contributed by atoms with E-state index >= 15 is 0 Å². The summed E-state index contributed by atoms with van der Waals surface area (Å²) in [4.78, 5) is 26.2. The van der Waals surface area contributed by atoms with Gasteiger partial charge in [-0.1, -0.05) is 12.1 Å². The maximum atomic E-state index is 10.9. The predicted octanol–water partition coefficient (Wildman–Crippen LogP) is 1.88. The highest BCUT2D eigenvalue weighted by Gasteiger charge is 2.42. The number of aryl methyl sites for hydroxylation is 1. The molecule has 0 radical (unpaired) electrons. The van der Waals surface area contributed by atoms with E-state index in [1.165, 1.54) is 0 Å². The zero-order chi connectivity index (χ0) is 16.4. The summed E-state index contributed by atoms with van der Waals surface area (Å²) >= 11 is 0. The molecule has 1 aliphatic rings. The average Bonchev–Trinajstić information content (AvgIpc) is 2.80. The number of nitrogens with zero attached hydrogens (tertiary/aromatic N) is 2. The van der Waals surface area contributed by atoms with Crippen molar-refractivity contribution in [3.05, 3.63) is 41.7 Å². The minimum atomic E-state index is -0.944. The number of aliphatic carboxylic acids is 1. The van der Waals surface area contributed by atoms with E-state index in [0.29, 0.717) is 6.42 Å². The van der Waals surface area contributed by atoms with Crippen molar-refractivity contribution in [3.8, 4) is 0 Å². The van der Waals surface area contributed by atoms with E-state index in [-0.39, 0.29) is 5.54 Å². The number of aromatic nitrogens is 2. The Morgan fingerprint density at radius 1 is 1.48 bits per heavy atom. The third kappa shape index (κ3) is 2.72. The van der Waals surface area contributed by atoms with E-state index in [1.54, 1.807) is 6.08 Å². The molecule has 1 aromatic carbocycles. The number of carbonyl (C=O) groups excluding carboxylic acids is 1. The van der Waals surface area contributed by atoms with Gasteiger partial charge in [-0.05, 0) is 43.4 Å². The van der Waals surface area contributed by atoms with Crippen molar-refractivity contribution in [3.63, 3.8) is 0 Å². The Bertz CT molecular complexity index is 788. The maximum Gasteiger partial charge on any atom is 0.327 e. The number of carboxylic acid groups (broad SMARTS) is 1. The van der Waals surface area contributed by atoms with Crippen LogP contribution < -0.4 is 5.32 Å². The summed E-state index contributed by atoms with van der Waals surface area (Å²) < 4.78 is 2.02. The molecule has 2 N–H and O–H groups in total. The van der Waals surface area contributed by atoms with Gasteiger partial charge in [-0.25, -0.2) is 9.78 Å². The summed E-state index contributed by atoms with van der Waals surface area (Å²) in [5, 5.41) is 11.6. The number of carbonyl (C=O) groups is 2. The first-order chi connectivity index (χ1) is 11.1. The summed E-state index contributed by atoms with van der Waals surface area (Å²) in [6, 6.07) is 5.91. The Hall–Kier alpha value is -2.63. The van der Waals surface area contributed by atoms with E-state index in [2.05, 4.69) is 5.32 Å². The number of allylic oxidation sites excluding steroid dienone is 1. The van der Waals surface area contributed by atoms with Crippen LogP contribution in [0.5, 0.6) is 0 Å². The molecule has 1 aliphatic carbocycles. The zero-order valence-electron chi connectivity index (χ0n) is 13.0. The van der Waals surface area contributed by atoms with Crippen molar-refractivity contribution in [1.82, 2.24) is 14.9 Å². The highest BCUT2D eigenvalue weighted by molar-refractivity contribution is 5.80. The van der Waals surface area contributed by atoms with Crippen LogP contribution in [0.1, 0.15) is 30.7 Å². The number of fused-ring (bicyclic) bond motifs is 1. The van der Waals surface area contributed by atoms with Crippen LogP contribution in [0, 0.1) is 0 Å².